The van der Waals surface area contributed by atoms with Gasteiger partial charge in [0.15, 0.2) is 0 Å². The van der Waals surface area contributed by atoms with E-state index in [0.717, 1.165) is 37.3 Å². The fraction of sp³-hybridized carbons (Fsp3) is 0.389. The van der Waals surface area contributed by atoms with Gasteiger partial charge in [0.05, 0.1) is 12.5 Å². The molecule has 124 valence electrons. The SMILES string of the molecule is O=C1N[C@@H](CC(=O)N2CCC(c3ncc[nH]3)CC2)c2ccccc21. The summed E-state index contributed by atoms with van der Waals surface area (Å²) in [6.07, 6.45) is 5.79. The zero-order valence-electron chi connectivity index (χ0n) is 13.4. The number of amides is 2. The van der Waals surface area contributed by atoms with Gasteiger partial charge in [-0.2, -0.15) is 0 Å². The van der Waals surface area contributed by atoms with Gasteiger partial charge in [0.1, 0.15) is 5.82 Å². The van der Waals surface area contributed by atoms with Gasteiger partial charge in [0.25, 0.3) is 5.91 Å². The molecule has 6 heteroatoms. The standard InChI is InChI=1S/C18H20N4O2/c23-16(11-15-13-3-1-2-4-14(13)18(24)21-15)22-9-5-12(6-10-22)17-19-7-8-20-17/h1-4,7-8,12,15H,5-6,9-11H2,(H,19,20)(H,21,24)/t15-/m0/s1. The third-order valence-electron chi connectivity index (χ3n) is 5.02. The number of carbonyl (C=O) groups excluding carboxylic acids is 2. The number of rotatable bonds is 3. The Hall–Kier alpha value is -2.63. The van der Waals surface area contributed by atoms with Crippen molar-refractivity contribution < 1.29 is 9.59 Å². The van der Waals surface area contributed by atoms with Crippen molar-refractivity contribution >= 4 is 11.8 Å². The number of H-pyrrole nitrogens is 1. The molecule has 1 aromatic carbocycles. The molecule has 2 N–H and O–H groups in total. The molecule has 2 aromatic rings. The van der Waals surface area contributed by atoms with E-state index >= 15 is 0 Å². The lowest BCUT2D eigenvalue weighted by Gasteiger charge is -2.32. The van der Waals surface area contributed by atoms with E-state index in [1.54, 1.807) is 6.20 Å². The molecule has 2 aliphatic rings. The van der Waals surface area contributed by atoms with Crippen LogP contribution in [0.5, 0.6) is 0 Å². The number of nitrogens with zero attached hydrogens (tertiary/aromatic N) is 2. The highest BCUT2D eigenvalue weighted by molar-refractivity contribution is 5.99. The Balaban J connectivity index is 1.37. The number of aromatic amines is 1. The number of aromatic nitrogens is 2. The van der Waals surface area contributed by atoms with Crippen LogP contribution >= 0.6 is 0 Å². The first-order valence-corrected chi connectivity index (χ1v) is 8.39. The van der Waals surface area contributed by atoms with Crippen molar-refractivity contribution in [1.82, 2.24) is 20.2 Å². The molecule has 0 aliphatic carbocycles. The average Bonchev–Trinajstić information content (AvgIpc) is 3.25. The Morgan fingerprint density at radius 1 is 1.25 bits per heavy atom. The number of likely N-dealkylation sites (tertiary alicyclic amines) is 1. The molecule has 0 radical (unpaired) electrons. The van der Waals surface area contributed by atoms with Crippen LogP contribution in [0.1, 0.15) is 53.0 Å². The minimum Gasteiger partial charge on any atom is -0.348 e. The summed E-state index contributed by atoms with van der Waals surface area (Å²) in [7, 11) is 0. The normalized spacial score (nSPS) is 20.8. The predicted molar refractivity (Wildman–Crippen MR) is 88.4 cm³/mol. The lowest BCUT2D eigenvalue weighted by molar-refractivity contribution is -0.132. The second kappa shape index (κ2) is 6.11. The van der Waals surface area contributed by atoms with E-state index in [-0.39, 0.29) is 17.9 Å². The third kappa shape index (κ3) is 2.68. The predicted octanol–water partition coefficient (Wildman–Crippen LogP) is 1.99. The molecule has 0 saturated carbocycles. The van der Waals surface area contributed by atoms with Crippen molar-refractivity contribution in [2.24, 2.45) is 0 Å². The number of piperidine rings is 1. The number of benzene rings is 1. The summed E-state index contributed by atoms with van der Waals surface area (Å²) in [5.74, 6) is 1.44. The molecule has 2 amide bonds. The minimum atomic E-state index is -0.205. The van der Waals surface area contributed by atoms with Crippen molar-refractivity contribution in [1.29, 1.82) is 0 Å². The molecule has 1 fully saturated rings. The maximum Gasteiger partial charge on any atom is 0.252 e. The van der Waals surface area contributed by atoms with E-state index in [1.165, 1.54) is 0 Å². The maximum absolute atomic E-state index is 12.6. The molecule has 4 rings (SSSR count). The van der Waals surface area contributed by atoms with Crippen LogP contribution in [0.3, 0.4) is 0 Å². The summed E-state index contributed by atoms with van der Waals surface area (Å²) in [6, 6.07) is 7.29. The average molecular weight is 324 g/mol. The van der Waals surface area contributed by atoms with Gasteiger partial charge in [-0.15, -0.1) is 0 Å². The molecule has 0 unspecified atom stereocenters. The van der Waals surface area contributed by atoms with Crippen LogP contribution in [0, 0.1) is 0 Å². The first-order valence-electron chi connectivity index (χ1n) is 8.39. The summed E-state index contributed by atoms with van der Waals surface area (Å²) in [5, 5.41) is 2.92. The largest absolute Gasteiger partial charge is 0.348 e. The van der Waals surface area contributed by atoms with Crippen molar-refractivity contribution in [2.75, 3.05) is 13.1 Å². The molecule has 2 aliphatic heterocycles. The molecule has 24 heavy (non-hydrogen) atoms. The van der Waals surface area contributed by atoms with E-state index < -0.39 is 0 Å². The van der Waals surface area contributed by atoms with E-state index in [9.17, 15) is 9.59 Å². The van der Waals surface area contributed by atoms with E-state index in [0.29, 0.717) is 17.9 Å². The second-order valence-electron chi connectivity index (χ2n) is 6.45. The zero-order valence-corrected chi connectivity index (χ0v) is 13.4. The summed E-state index contributed by atoms with van der Waals surface area (Å²) >= 11 is 0. The van der Waals surface area contributed by atoms with E-state index in [4.69, 9.17) is 0 Å². The van der Waals surface area contributed by atoms with Gasteiger partial charge in [-0.1, -0.05) is 18.2 Å². The van der Waals surface area contributed by atoms with Gasteiger partial charge in [-0.05, 0) is 24.5 Å². The highest BCUT2D eigenvalue weighted by atomic mass is 16.2. The first-order chi connectivity index (χ1) is 11.7. The number of fused-ring (bicyclic) bond motifs is 1. The molecule has 1 atom stereocenters. The van der Waals surface area contributed by atoms with Gasteiger partial charge in [-0.3, -0.25) is 9.59 Å². The second-order valence-corrected chi connectivity index (χ2v) is 6.45. The molecule has 6 nitrogen and oxygen atoms in total. The Kier molecular flexibility index (Phi) is 3.80. The summed E-state index contributed by atoms with van der Waals surface area (Å²) < 4.78 is 0. The fourth-order valence-corrected chi connectivity index (χ4v) is 3.69. The minimum absolute atomic E-state index is 0.0834. The van der Waals surface area contributed by atoms with E-state index in [2.05, 4.69) is 15.3 Å². The number of hydrogen-bond donors (Lipinski definition) is 2. The summed E-state index contributed by atoms with van der Waals surface area (Å²) in [4.78, 5) is 34.0. The fourth-order valence-electron chi connectivity index (χ4n) is 3.69. The topological polar surface area (TPSA) is 78.1 Å². The van der Waals surface area contributed by atoms with Crippen LogP contribution < -0.4 is 5.32 Å². The van der Waals surface area contributed by atoms with Gasteiger partial charge in [0.2, 0.25) is 5.91 Å². The van der Waals surface area contributed by atoms with Crippen molar-refractivity contribution in [2.45, 2.75) is 31.2 Å². The highest BCUT2D eigenvalue weighted by Gasteiger charge is 2.32. The third-order valence-corrected chi connectivity index (χ3v) is 5.02. The summed E-state index contributed by atoms with van der Waals surface area (Å²) in [6.45, 7) is 1.49. The van der Waals surface area contributed by atoms with Crippen molar-refractivity contribution in [3.8, 4) is 0 Å². The van der Waals surface area contributed by atoms with Crippen LogP contribution in [-0.2, 0) is 4.79 Å². The molecule has 0 bridgehead atoms. The zero-order chi connectivity index (χ0) is 16.5. The van der Waals surface area contributed by atoms with Gasteiger partial charge >= 0.3 is 0 Å². The lowest BCUT2D eigenvalue weighted by Crippen LogP contribution is -2.39. The van der Waals surface area contributed by atoms with Gasteiger partial charge < -0.3 is 15.2 Å². The van der Waals surface area contributed by atoms with E-state index in [1.807, 2.05) is 35.4 Å². The van der Waals surface area contributed by atoms with Crippen molar-refractivity contribution in [3.63, 3.8) is 0 Å². The lowest BCUT2D eigenvalue weighted by atomic mass is 9.95. The smallest absolute Gasteiger partial charge is 0.252 e. The summed E-state index contributed by atoms with van der Waals surface area (Å²) in [5.41, 5.74) is 1.62. The molecular weight excluding hydrogens is 304 g/mol. The highest BCUT2D eigenvalue weighted by Crippen LogP contribution is 2.30. The van der Waals surface area contributed by atoms with Crippen LogP contribution in [0.2, 0.25) is 0 Å². The Labute approximate surface area is 140 Å². The molecule has 3 heterocycles. The molecule has 1 aromatic heterocycles. The molecule has 0 spiro atoms. The Morgan fingerprint density at radius 3 is 2.79 bits per heavy atom. The number of nitrogens with one attached hydrogen (secondary N) is 2. The Bertz CT molecular complexity index is 748. The quantitative estimate of drug-likeness (QED) is 0.906. The molecular formula is C18H20N4O2. The maximum atomic E-state index is 12.6. The van der Waals surface area contributed by atoms with Gasteiger partial charge in [-0.25, -0.2) is 4.98 Å². The van der Waals surface area contributed by atoms with Crippen molar-refractivity contribution in [3.05, 3.63) is 53.6 Å². The van der Waals surface area contributed by atoms with Crippen LogP contribution in [0.25, 0.3) is 0 Å². The number of imidazole rings is 1. The van der Waals surface area contributed by atoms with Crippen LogP contribution in [0.15, 0.2) is 36.7 Å². The molecule has 1 saturated heterocycles. The number of carbonyl (C=O) groups is 2. The van der Waals surface area contributed by atoms with Gasteiger partial charge in [0, 0.05) is 37.0 Å². The van der Waals surface area contributed by atoms with Crippen LogP contribution in [-0.4, -0.2) is 39.8 Å². The van der Waals surface area contributed by atoms with Crippen LogP contribution in [0.4, 0.5) is 0 Å². The monoisotopic (exact) mass is 324 g/mol. The first kappa shape index (κ1) is 14.9. The Morgan fingerprint density at radius 2 is 2.04 bits per heavy atom. The number of hydrogen-bond acceptors (Lipinski definition) is 3.